The molecule has 0 amide bonds. The van der Waals surface area contributed by atoms with E-state index in [0.717, 1.165) is 16.3 Å². The average Bonchev–Trinajstić information content (AvgIpc) is 3.07. The molecule has 0 aliphatic carbocycles. The fraction of sp³-hybridized carbons (Fsp3) is 0.681. The lowest BCUT2D eigenvalue weighted by atomic mass is 10.0. The maximum absolute atomic E-state index is 13.6. The molecule has 2 rings (SSSR count). The van der Waals surface area contributed by atoms with E-state index in [-0.39, 0.29) is 52.3 Å². The summed E-state index contributed by atoms with van der Waals surface area (Å²) in [7, 11) is -4.80. The van der Waals surface area contributed by atoms with Gasteiger partial charge in [-0.1, -0.05) is 42.5 Å². The number of hydrogen-bond acceptors (Lipinski definition) is 16. The lowest BCUT2D eigenvalue weighted by Crippen LogP contribution is -2.53. The molecule has 0 heterocycles. The molecule has 0 fully saturated rings. The van der Waals surface area contributed by atoms with Gasteiger partial charge in [0.25, 0.3) is 0 Å². The summed E-state index contributed by atoms with van der Waals surface area (Å²) in [5.74, 6) is -3.29. The van der Waals surface area contributed by atoms with Gasteiger partial charge in [0.05, 0.1) is 45.9 Å². The molecule has 0 radical (unpaired) electrons. The highest BCUT2D eigenvalue weighted by Gasteiger charge is 2.34. The van der Waals surface area contributed by atoms with Crippen LogP contribution in [0.25, 0.3) is 10.8 Å². The Morgan fingerprint density at radius 2 is 0.923 bits per heavy atom. The Hall–Kier alpha value is -3.96. The van der Waals surface area contributed by atoms with Crippen LogP contribution in [0.5, 0.6) is 0 Å². The Labute approximate surface area is 386 Å². The Morgan fingerprint density at radius 3 is 1.37 bits per heavy atom. The van der Waals surface area contributed by atoms with Gasteiger partial charge in [-0.25, -0.2) is 4.57 Å². The molecule has 0 spiro atoms. The Bertz CT molecular complexity index is 1870. The number of hydrogen-bond donors (Lipinski definition) is 1. The fourth-order valence-corrected chi connectivity index (χ4v) is 7.12. The van der Waals surface area contributed by atoms with Crippen LogP contribution in [-0.2, 0) is 67.7 Å². The minimum Gasteiger partial charge on any atom is -0.459 e. The molecule has 1 unspecified atom stereocenters. The van der Waals surface area contributed by atoms with E-state index in [0.29, 0.717) is 0 Å². The highest BCUT2D eigenvalue weighted by Crippen LogP contribution is 2.43. The lowest BCUT2D eigenvalue weighted by Gasteiger charge is -2.36. The second-order valence-electron chi connectivity index (χ2n) is 20.9. The largest absolute Gasteiger partial charge is 0.472 e. The van der Waals surface area contributed by atoms with Crippen molar-refractivity contribution in [3.8, 4) is 0 Å². The molecular formula is C47H76N3O14P. The zero-order valence-corrected chi connectivity index (χ0v) is 42.3. The monoisotopic (exact) mass is 938 g/mol. The maximum Gasteiger partial charge on any atom is 0.472 e. The van der Waals surface area contributed by atoms with E-state index in [9.17, 15) is 33.4 Å². The van der Waals surface area contributed by atoms with E-state index in [1.807, 2.05) is 42.5 Å². The first kappa shape index (κ1) is 57.2. The van der Waals surface area contributed by atoms with Crippen molar-refractivity contribution < 1.29 is 66.2 Å². The molecule has 0 saturated carbocycles. The first-order chi connectivity index (χ1) is 29.6. The fourth-order valence-electron chi connectivity index (χ4n) is 6.36. The first-order valence-electron chi connectivity index (χ1n) is 21.9. The third-order valence-corrected chi connectivity index (χ3v) is 9.46. The maximum atomic E-state index is 13.6. The lowest BCUT2D eigenvalue weighted by molar-refractivity contribution is -0.163. The number of carbonyl (C=O) groups is 5. The molecule has 0 aliphatic heterocycles. The van der Waals surface area contributed by atoms with E-state index in [1.165, 1.54) is 9.80 Å². The van der Waals surface area contributed by atoms with Crippen molar-refractivity contribution >= 4 is 48.4 Å². The van der Waals surface area contributed by atoms with Crippen molar-refractivity contribution in [1.29, 1.82) is 0 Å². The zero-order valence-electron chi connectivity index (χ0n) is 41.4. The van der Waals surface area contributed by atoms with Crippen molar-refractivity contribution in [2.24, 2.45) is 0 Å². The van der Waals surface area contributed by atoms with Gasteiger partial charge in [-0.2, -0.15) is 0 Å². The normalized spacial score (nSPS) is 14.3. The van der Waals surface area contributed by atoms with Crippen molar-refractivity contribution in [3.63, 3.8) is 0 Å². The minimum absolute atomic E-state index is 0.00274. The van der Waals surface area contributed by atoms with Gasteiger partial charge in [0.2, 0.25) is 0 Å². The highest BCUT2D eigenvalue weighted by molar-refractivity contribution is 7.47. The molecule has 0 aliphatic rings. The third-order valence-electron chi connectivity index (χ3n) is 8.48. The quantitative estimate of drug-likeness (QED) is 0.0719. The second-order valence-corrected chi connectivity index (χ2v) is 22.4. The molecule has 0 aromatic heterocycles. The van der Waals surface area contributed by atoms with Crippen LogP contribution in [0, 0.1) is 0 Å². The number of fused-ring (bicyclic) bond motifs is 1. The molecule has 17 nitrogen and oxygen atoms in total. The summed E-state index contributed by atoms with van der Waals surface area (Å²) in [5, 5.41) is 1.97. The molecule has 2 aromatic carbocycles. The Kier molecular flexibility index (Phi) is 21.3. The summed E-state index contributed by atoms with van der Waals surface area (Å²) in [6.07, 6.45) is 0.287. The van der Waals surface area contributed by atoms with Gasteiger partial charge in [0.1, 0.15) is 28.0 Å². The van der Waals surface area contributed by atoms with Crippen LogP contribution in [0.2, 0.25) is 0 Å². The number of ether oxygens (including phenoxy) is 5. The number of nitrogens with zero attached hydrogens (tertiary/aromatic N) is 3. The topological polar surface area (TPSA) is 197 Å². The van der Waals surface area contributed by atoms with Crippen LogP contribution in [0.15, 0.2) is 42.5 Å². The van der Waals surface area contributed by atoms with E-state index in [2.05, 4.69) is 0 Å². The number of phosphoric acid groups is 1. The van der Waals surface area contributed by atoms with Crippen molar-refractivity contribution in [2.45, 2.75) is 144 Å². The summed E-state index contributed by atoms with van der Waals surface area (Å²) in [6.45, 7) is 22.6. The van der Waals surface area contributed by atoms with Gasteiger partial charge < -0.3 is 28.6 Å². The molecular weight excluding hydrogens is 861 g/mol. The van der Waals surface area contributed by atoms with E-state index >= 15 is 0 Å². The SMILES string of the molecule is CC(C)(C)OC(=O)CN(CCN(CC(=O)OC(C)(C)C)C[C@H](COP(=O)(O)OCCc1cccc2ccccc12)N(CC(=O)OC(C)(C)C)CC(=O)OC(C)(C)C)CC(=O)OC(C)(C)C. The van der Waals surface area contributed by atoms with Crippen LogP contribution in [0.3, 0.4) is 0 Å². The molecule has 0 saturated heterocycles. The van der Waals surface area contributed by atoms with Crippen LogP contribution in [0.1, 0.15) is 109 Å². The predicted molar refractivity (Wildman–Crippen MR) is 247 cm³/mol. The smallest absolute Gasteiger partial charge is 0.459 e. The van der Waals surface area contributed by atoms with Gasteiger partial charge in [-0.15, -0.1) is 0 Å². The average molecular weight is 938 g/mol. The van der Waals surface area contributed by atoms with Crippen LogP contribution in [-0.4, -0.2) is 149 Å². The number of esters is 5. The van der Waals surface area contributed by atoms with Gasteiger partial charge in [0, 0.05) is 25.7 Å². The summed E-state index contributed by atoms with van der Waals surface area (Å²) in [6, 6.07) is 12.4. The number of phosphoric ester groups is 1. The first-order valence-corrected chi connectivity index (χ1v) is 23.4. The standard InChI is InChI=1S/C47H76N3O14P/c1-43(2,3)60-38(51)28-48(24-25-49(29-39(52)61-44(4,5)6)30-40(53)62-45(7,8)9)27-36(50(31-41(54)63-46(10,11)12)32-42(55)64-47(13,14)15)33-59-65(56,57)58-26-23-35-21-18-20-34-19-16-17-22-37(34)35/h16-22,36H,23-33H2,1-15H3,(H,56,57)/t36-/m1/s1. The second kappa shape index (κ2) is 24.2. The summed E-state index contributed by atoms with van der Waals surface area (Å²) < 4.78 is 52.7. The van der Waals surface area contributed by atoms with Crippen LogP contribution in [0.4, 0.5) is 0 Å². The number of rotatable bonds is 23. The van der Waals surface area contributed by atoms with Crippen molar-refractivity contribution in [3.05, 3.63) is 48.0 Å². The van der Waals surface area contributed by atoms with Crippen molar-refractivity contribution in [2.75, 3.05) is 65.6 Å². The van der Waals surface area contributed by atoms with E-state index in [4.69, 9.17) is 32.7 Å². The van der Waals surface area contributed by atoms with Crippen molar-refractivity contribution in [1.82, 2.24) is 14.7 Å². The van der Waals surface area contributed by atoms with Crippen LogP contribution < -0.4 is 0 Å². The molecule has 1 N–H and O–H groups in total. The van der Waals surface area contributed by atoms with E-state index in [1.54, 1.807) is 109 Å². The molecule has 0 bridgehead atoms. The summed E-state index contributed by atoms with van der Waals surface area (Å²) in [5.41, 5.74) is -3.43. The molecule has 18 heteroatoms. The van der Waals surface area contributed by atoms with Gasteiger partial charge >= 0.3 is 37.7 Å². The molecule has 65 heavy (non-hydrogen) atoms. The third kappa shape index (κ3) is 26.1. The van der Waals surface area contributed by atoms with Crippen LogP contribution >= 0.6 is 7.82 Å². The van der Waals surface area contributed by atoms with Gasteiger partial charge in [-0.3, -0.25) is 47.7 Å². The summed E-state index contributed by atoms with van der Waals surface area (Å²) in [4.78, 5) is 82.2. The zero-order chi connectivity index (χ0) is 49.6. The van der Waals surface area contributed by atoms with Gasteiger partial charge in [-0.05, 0) is 127 Å². The Balaban J connectivity index is 2.59. The Morgan fingerprint density at radius 1 is 0.538 bits per heavy atom. The number of carbonyl (C=O) groups excluding carboxylic acids is 5. The van der Waals surface area contributed by atoms with E-state index < -0.39 is 91.4 Å². The predicted octanol–water partition coefficient (Wildman–Crippen LogP) is 6.50. The molecule has 2 aromatic rings. The number of benzene rings is 2. The molecule has 2 atom stereocenters. The summed E-state index contributed by atoms with van der Waals surface area (Å²) >= 11 is 0. The minimum atomic E-state index is -4.80. The van der Waals surface area contributed by atoms with Gasteiger partial charge in [0.15, 0.2) is 0 Å². The molecule has 368 valence electrons. The highest BCUT2D eigenvalue weighted by atomic mass is 31.2.